The molecule has 0 unspecified atom stereocenters. The van der Waals surface area contributed by atoms with E-state index in [1.54, 1.807) is 0 Å². The van der Waals surface area contributed by atoms with Crippen LogP contribution in [0.25, 0.3) is 11.4 Å². The van der Waals surface area contributed by atoms with Crippen molar-refractivity contribution in [1.29, 1.82) is 0 Å². The van der Waals surface area contributed by atoms with Gasteiger partial charge in [-0.15, -0.1) is 0 Å². The molecule has 0 atom stereocenters. The van der Waals surface area contributed by atoms with Crippen molar-refractivity contribution in [2.75, 3.05) is 0 Å². The highest BCUT2D eigenvalue weighted by Crippen LogP contribution is 2.21. The molecule has 1 heterocycles. The van der Waals surface area contributed by atoms with Crippen molar-refractivity contribution in [2.45, 2.75) is 0 Å². The maximum Gasteiger partial charge on any atom is 0.356 e. The summed E-state index contributed by atoms with van der Waals surface area (Å²) in [4.78, 5) is 18.3. The van der Waals surface area contributed by atoms with Crippen molar-refractivity contribution in [3.05, 3.63) is 46.7 Å². The average Bonchev–Trinajstić information content (AvgIpc) is 2.33. The van der Waals surface area contributed by atoms with Gasteiger partial charge in [-0.3, -0.25) is 0 Å². The molecule has 0 aliphatic carbocycles. The van der Waals surface area contributed by atoms with Gasteiger partial charge in [0, 0.05) is 5.56 Å². The van der Waals surface area contributed by atoms with Crippen LogP contribution in [0.5, 0.6) is 0 Å². The molecule has 0 amide bonds. The Labute approximate surface area is 105 Å². The molecule has 2 rings (SSSR count). The number of benzene rings is 1. The number of carboxylic acids is 1. The van der Waals surface area contributed by atoms with Crippen LogP contribution in [0, 0.1) is 11.6 Å². The zero-order valence-corrected chi connectivity index (χ0v) is 9.45. The number of aromatic nitrogens is 2. The number of nitrogens with zero attached hydrogens (tertiary/aromatic N) is 2. The lowest BCUT2D eigenvalue weighted by molar-refractivity contribution is 0.0690. The quantitative estimate of drug-likeness (QED) is 0.911. The van der Waals surface area contributed by atoms with Gasteiger partial charge in [-0.25, -0.2) is 23.5 Å². The molecule has 1 N–H and O–H groups in total. The van der Waals surface area contributed by atoms with Gasteiger partial charge in [-0.2, -0.15) is 0 Å². The van der Waals surface area contributed by atoms with Crippen LogP contribution in [0.15, 0.2) is 24.4 Å². The minimum Gasteiger partial charge on any atom is -0.476 e. The summed E-state index contributed by atoms with van der Waals surface area (Å²) in [6, 6.07) is 3.03. The lowest BCUT2D eigenvalue weighted by Crippen LogP contribution is -2.04. The average molecular weight is 271 g/mol. The van der Waals surface area contributed by atoms with Crippen molar-refractivity contribution in [2.24, 2.45) is 0 Å². The molecule has 0 radical (unpaired) electrons. The predicted molar refractivity (Wildman–Crippen MR) is 59.4 cm³/mol. The van der Waals surface area contributed by atoms with Gasteiger partial charge >= 0.3 is 5.97 Å². The Balaban J connectivity index is 2.54. The summed E-state index contributed by atoms with van der Waals surface area (Å²) >= 11 is 5.60. The van der Waals surface area contributed by atoms with E-state index in [9.17, 15) is 13.6 Å². The van der Waals surface area contributed by atoms with E-state index in [-0.39, 0.29) is 16.4 Å². The number of carbonyl (C=O) groups is 1. The van der Waals surface area contributed by atoms with Crippen LogP contribution in [0.1, 0.15) is 10.5 Å². The van der Waals surface area contributed by atoms with Crippen molar-refractivity contribution in [3.8, 4) is 11.4 Å². The highest BCUT2D eigenvalue weighted by atomic mass is 35.5. The molecule has 0 bridgehead atoms. The van der Waals surface area contributed by atoms with Crippen molar-refractivity contribution < 1.29 is 18.7 Å². The summed E-state index contributed by atoms with van der Waals surface area (Å²) < 4.78 is 25.8. The third-order valence-electron chi connectivity index (χ3n) is 2.12. The normalized spacial score (nSPS) is 10.4. The predicted octanol–water partition coefficient (Wildman–Crippen LogP) is 2.77. The second-order valence-electron chi connectivity index (χ2n) is 3.32. The molecule has 7 heteroatoms. The Hall–Kier alpha value is -2.08. The third-order valence-corrected chi connectivity index (χ3v) is 2.40. The lowest BCUT2D eigenvalue weighted by Gasteiger charge is -2.03. The molecule has 92 valence electrons. The molecule has 0 fully saturated rings. The molecule has 2 aromatic rings. The fourth-order valence-electron chi connectivity index (χ4n) is 1.29. The van der Waals surface area contributed by atoms with Crippen molar-refractivity contribution >= 4 is 17.6 Å². The summed E-state index contributed by atoms with van der Waals surface area (Å²) in [7, 11) is 0. The van der Waals surface area contributed by atoms with Crippen molar-refractivity contribution in [3.63, 3.8) is 0 Å². The van der Waals surface area contributed by atoms with Crippen LogP contribution < -0.4 is 0 Å². The summed E-state index contributed by atoms with van der Waals surface area (Å²) in [6.07, 6.45) is 1.09. The van der Waals surface area contributed by atoms with E-state index in [1.165, 1.54) is 6.07 Å². The van der Waals surface area contributed by atoms with Gasteiger partial charge in [0.1, 0.15) is 0 Å². The van der Waals surface area contributed by atoms with E-state index in [0.29, 0.717) is 0 Å². The SMILES string of the molecule is O=C(O)c1nc(-c2ccc(F)c(F)c2)ncc1Cl. The summed E-state index contributed by atoms with van der Waals surface area (Å²) in [5.41, 5.74) is -0.237. The molecule has 4 nitrogen and oxygen atoms in total. The minimum atomic E-state index is -1.33. The zero-order valence-electron chi connectivity index (χ0n) is 8.69. The zero-order chi connectivity index (χ0) is 13.3. The van der Waals surface area contributed by atoms with E-state index < -0.39 is 23.3 Å². The summed E-state index contributed by atoms with van der Waals surface area (Å²) in [5, 5.41) is 8.70. The minimum absolute atomic E-state index is 0.0456. The van der Waals surface area contributed by atoms with Gasteiger partial charge in [0.2, 0.25) is 0 Å². The monoisotopic (exact) mass is 270 g/mol. The van der Waals surface area contributed by atoms with E-state index in [1.807, 2.05) is 0 Å². The molecular formula is C11H5ClF2N2O2. The molecule has 0 aliphatic heterocycles. The van der Waals surface area contributed by atoms with Gasteiger partial charge < -0.3 is 5.11 Å². The van der Waals surface area contributed by atoms with Crippen molar-refractivity contribution in [1.82, 2.24) is 9.97 Å². The van der Waals surface area contributed by atoms with E-state index in [4.69, 9.17) is 16.7 Å². The maximum absolute atomic E-state index is 13.0. The standard InChI is InChI=1S/C11H5ClF2N2O2/c12-6-4-15-10(16-9(6)11(17)18)5-1-2-7(13)8(14)3-5/h1-4H,(H,17,18). The first-order valence-corrected chi connectivity index (χ1v) is 5.08. The van der Waals surface area contributed by atoms with E-state index in [2.05, 4.69) is 9.97 Å². The first kappa shape index (κ1) is 12.4. The summed E-state index contributed by atoms with van der Waals surface area (Å²) in [6.45, 7) is 0. The van der Waals surface area contributed by atoms with E-state index >= 15 is 0 Å². The number of hydrogen-bond acceptors (Lipinski definition) is 3. The highest BCUT2D eigenvalue weighted by molar-refractivity contribution is 6.33. The Bertz CT molecular complexity index is 634. The lowest BCUT2D eigenvalue weighted by atomic mass is 10.2. The number of halogens is 3. The Kier molecular flexibility index (Phi) is 3.20. The molecule has 0 spiro atoms. The largest absolute Gasteiger partial charge is 0.476 e. The Morgan fingerprint density at radius 3 is 2.61 bits per heavy atom. The second kappa shape index (κ2) is 4.66. The van der Waals surface area contributed by atoms with E-state index in [0.717, 1.165) is 18.3 Å². The van der Waals surface area contributed by atoms with Crippen LogP contribution >= 0.6 is 11.6 Å². The van der Waals surface area contributed by atoms with Crippen LogP contribution in [-0.2, 0) is 0 Å². The smallest absolute Gasteiger partial charge is 0.356 e. The van der Waals surface area contributed by atoms with Gasteiger partial charge in [0.15, 0.2) is 23.2 Å². The molecule has 1 aromatic heterocycles. The Morgan fingerprint density at radius 2 is 2.00 bits per heavy atom. The molecule has 1 aromatic carbocycles. The molecule has 0 saturated heterocycles. The van der Waals surface area contributed by atoms with Gasteiger partial charge in [-0.05, 0) is 18.2 Å². The molecule has 0 aliphatic rings. The molecule has 0 saturated carbocycles. The highest BCUT2D eigenvalue weighted by Gasteiger charge is 2.14. The molecule has 18 heavy (non-hydrogen) atoms. The van der Waals surface area contributed by atoms with Crippen LogP contribution in [0.3, 0.4) is 0 Å². The fourth-order valence-corrected chi connectivity index (χ4v) is 1.46. The van der Waals surface area contributed by atoms with Gasteiger partial charge in [0.05, 0.1) is 11.2 Å². The third kappa shape index (κ3) is 2.28. The first-order valence-electron chi connectivity index (χ1n) is 4.70. The molecular weight excluding hydrogens is 266 g/mol. The number of hydrogen-bond donors (Lipinski definition) is 1. The number of rotatable bonds is 2. The number of carboxylic acid groups (broad SMARTS) is 1. The van der Waals surface area contributed by atoms with Crippen LogP contribution in [0.4, 0.5) is 8.78 Å². The van der Waals surface area contributed by atoms with Gasteiger partial charge in [0.25, 0.3) is 0 Å². The maximum atomic E-state index is 13.0. The second-order valence-corrected chi connectivity index (χ2v) is 3.73. The number of aromatic carboxylic acids is 1. The summed E-state index contributed by atoms with van der Waals surface area (Å²) in [5.74, 6) is -3.45. The van der Waals surface area contributed by atoms with Gasteiger partial charge in [-0.1, -0.05) is 11.6 Å². The fraction of sp³-hybridized carbons (Fsp3) is 0. The Morgan fingerprint density at radius 1 is 1.28 bits per heavy atom. The first-order chi connectivity index (χ1) is 8.49. The van der Waals surface area contributed by atoms with Crippen LogP contribution in [-0.4, -0.2) is 21.0 Å². The van der Waals surface area contributed by atoms with Crippen LogP contribution in [0.2, 0.25) is 5.02 Å². The topological polar surface area (TPSA) is 63.1 Å².